The molecule has 0 aliphatic heterocycles. The maximum absolute atomic E-state index is 4.62. The average molecular weight is 169 g/mol. The van der Waals surface area contributed by atoms with Crippen molar-refractivity contribution >= 4 is 36.0 Å². The molecule has 0 saturated carbocycles. The zero-order valence-electron chi connectivity index (χ0n) is 5.24. The summed E-state index contributed by atoms with van der Waals surface area (Å²) < 4.78 is 0. The number of benzene rings is 1. The van der Waals surface area contributed by atoms with Gasteiger partial charge in [0.25, 0.3) is 0 Å². The van der Waals surface area contributed by atoms with E-state index in [-0.39, 0.29) is 0 Å². The first-order chi connectivity index (χ1) is 4.84. The molecule has 0 heterocycles. The van der Waals surface area contributed by atoms with Crippen molar-refractivity contribution in [3.05, 3.63) is 24.3 Å². The van der Waals surface area contributed by atoms with Crippen molar-refractivity contribution in [2.75, 3.05) is 5.32 Å². The smallest absolute Gasteiger partial charge is 0.0659 e. The highest BCUT2D eigenvalue weighted by Crippen LogP contribution is 2.17. The third kappa shape index (κ3) is 1.72. The van der Waals surface area contributed by atoms with Crippen LogP contribution in [0.25, 0.3) is 0 Å². The highest BCUT2D eigenvalue weighted by atomic mass is 32.1. The molecule has 52 valence electrons. The second-order valence-electron chi connectivity index (χ2n) is 1.78. The number of para-hydroxylation sites is 1. The van der Waals surface area contributed by atoms with Crippen LogP contribution >= 0.6 is 24.8 Å². The third-order valence-corrected chi connectivity index (χ3v) is 1.63. The average Bonchev–Trinajstić information content (AvgIpc) is 1.94. The van der Waals surface area contributed by atoms with Gasteiger partial charge in [0.1, 0.15) is 0 Å². The maximum Gasteiger partial charge on any atom is 0.0659 e. The van der Waals surface area contributed by atoms with Crippen LogP contribution in [0.2, 0.25) is 0 Å². The molecule has 0 aliphatic rings. The van der Waals surface area contributed by atoms with E-state index < -0.39 is 0 Å². The van der Waals surface area contributed by atoms with Crippen LogP contribution in [0.4, 0.5) is 5.69 Å². The first kappa shape index (κ1) is 7.57. The van der Waals surface area contributed by atoms with E-state index in [1.54, 1.807) is 0 Å². The lowest BCUT2D eigenvalue weighted by atomic mass is 10.3. The number of nitrogens with one attached hydrogen (secondary N) is 1. The molecule has 1 rings (SSSR count). The summed E-state index contributed by atoms with van der Waals surface area (Å²) in [7, 11) is 0. The Labute approximate surface area is 70.9 Å². The Morgan fingerprint density at radius 1 is 1.40 bits per heavy atom. The topological polar surface area (TPSA) is 12.0 Å². The number of anilines is 1. The minimum absolute atomic E-state index is 0.906. The van der Waals surface area contributed by atoms with Gasteiger partial charge in [-0.05, 0) is 12.1 Å². The number of hydrogen-bond donors (Lipinski definition) is 2. The lowest BCUT2D eigenvalue weighted by Crippen LogP contribution is -1.91. The molecule has 1 aromatic carbocycles. The van der Waals surface area contributed by atoms with Gasteiger partial charge in [-0.25, -0.2) is 0 Å². The fourth-order valence-corrected chi connectivity index (χ4v) is 1.01. The zero-order valence-corrected chi connectivity index (χ0v) is 6.95. The van der Waals surface area contributed by atoms with Crippen molar-refractivity contribution in [1.82, 2.24) is 0 Å². The van der Waals surface area contributed by atoms with Gasteiger partial charge in [-0.3, -0.25) is 0 Å². The Kier molecular flexibility index (Phi) is 2.71. The highest BCUT2D eigenvalue weighted by molar-refractivity contribution is 7.80. The second kappa shape index (κ2) is 3.58. The van der Waals surface area contributed by atoms with E-state index in [1.165, 1.54) is 5.49 Å². The van der Waals surface area contributed by atoms with Crippen LogP contribution in [0.5, 0.6) is 0 Å². The van der Waals surface area contributed by atoms with E-state index in [1.807, 2.05) is 24.3 Å². The second-order valence-corrected chi connectivity index (χ2v) is 2.50. The van der Waals surface area contributed by atoms with Crippen LogP contribution in [0, 0.1) is 0 Å². The molecule has 0 bridgehead atoms. The quantitative estimate of drug-likeness (QED) is 0.520. The molecule has 0 amide bonds. The highest BCUT2D eigenvalue weighted by Gasteiger charge is 1.91. The lowest BCUT2D eigenvalue weighted by molar-refractivity contribution is 1.47. The number of hydrogen-bond acceptors (Lipinski definition) is 2. The molecule has 0 saturated heterocycles. The monoisotopic (exact) mass is 169 g/mol. The molecule has 1 aromatic rings. The van der Waals surface area contributed by atoms with Crippen molar-refractivity contribution in [2.24, 2.45) is 0 Å². The Morgan fingerprint density at radius 3 is 2.70 bits per heavy atom. The van der Waals surface area contributed by atoms with Gasteiger partial charge in [-0.2, -0.15) is 0 Å². The summed E-state index contributed by atoms with van der Waals surface area (Å²) >= 11 is 8.83. The largest absolute Gasteiger partial charge is 0.352 e. The van der Waals surface area contributed by atoms with Crippen molar-refractivity contribution in [1.29, 1.82) is 0 Å². The van der Waals surface area contributed by atoms with Crippen LogP contribution in [0.3, 0.4) is 0 Å². The molecule has 10 heavy (non-hydrogen) atoms. The Hall–Kier alpha value is -0.540. The van der Waals surface area contributed by atoms with Gasteiger partial charge in [-0.1, -0.05) is 24.4 Å². The van der Waals surface area contributed by atoms with Crippen molar-refractivity contribution in [2.45, 2.75) is 4.90 Å². The number of thiocarbonyl (C=S) groups is 1. The van der Waals surface area contributed by atoms with Gasteiger partial charge in [0, 0.05) is 4.90 Å². The van der Waals surface area contributed by atoms with E-state index in [2.05, 4.69) is 30.2 Å². The Morgan fingerprint density at radius 2 is 2.10 bits per heavy atom. The first-order valence-electron chi connectivity index (χ1n) is 2.83. The van der Waals surface area contributed by atoms with E-state index in [0.717, 1.165) is 10.6 Å². The molecule has 0 atom stereocenters. The first-order valence-corrected chi connectivity index (χ1v) is 3.74. The fourth-order valence-electron chi connectivity index (χ4n) is 0.659. The van der Waals surface area contributed by atoms with Gasteiger partial charge in [0.15, 0.2) is 0 Å². The van der Waals surface area contributed by atoms with Gasteiger partial charge in [0.2, 0.25) is 0 Å². The van der Waals surface area contributed by atoms with Crippen LogP contribution in [0.15, 0.2) is 29.2 Å². The molecule has 3 heteroatoms. The van der Waals surface area contributed by atoms with Gasteiger partial charge < -0.3 is 5.32 Å². The number of thiol groups is 1. The maximum atomic E-state index is 4.62. The van der Waals surface area contributed by atoms with Gasteiger partial charge in [0.05, 0.1) is 11.2 Å². The SMILES string of the molecule is S=CNc1ccccc1S. The third-order valence-electron chi connectivity index (χ3n) is 1.12. The van der Waals surface area contributed by atoms with Crippen LogP contribution in [-0.2, 0) is 0 Å². The van der Waals surface area contributed by atoms with Gasteiger partial charge >= 0.3 is 0 Å². The lowest BCUT2D eigenvalue weighted by Gasteiger charge is -2.00. The molecule has 0 unspecified atom stereocenters. The predicted molar refractivity (Wildman–Crippen MR) is 51.0 cm³/mol. The van der Waals surface area contributed by atoms with Crippen LogP contribution < -0.4 is 5.32 Å². The van der Waals surface area contributed by atoms with Crippen LogP contribution in [-0.4, -0.2) is 5.49 Å². The Balaban J connectivity index is 2.91. The fraction of sp³-hybridized carbons (Fsp3) is 0. The molecule has 0 aliphatic carbocycles. The molecule has 0 fully saturated rings. The van der Waals surface area contributed by atoms with Crippen molar-refractivity contribution in [3.63, 3.8) is 0 Å². The normalized spacial score (nSPS) is 8.90. The zero-order chi connectivity index (χ0) is 7.40. The van der Waals surface area contributed by atoms with Crippen molar-refractivity contribution < 1.29 is 0 Å². The standard InChI is InChI=1S/C7H7NS2/c9-5-8-6-3-1-2-4-7(6)10/h1-5,10H,(H,8,9). The Bertz CT molecular complexity index is 235. The van der Waals surface area contributed by atoms with E-state index in [9.17, 15) is 0 Å². The minimum Gasteiger partial charge on any atom is -0.352 e. The summed E-state index contributed by atoms with van der Waals surface area (Å²) in [5.41, 5.74) is 2.41. The molecule has 0 spiro atoms. The summed E-state index contributed by atoms with van der Waals surface area (Å²) in [5.74, 6) is 0. The summed E-state index contributed by atoms with van der Waals surface area (Å²) in [6.07, 6.45) is 0. The van der Waals surface area contributed by atoms with Crippen molar-refractivity contribution in [3.8, 4) is 0 Å². The number of rotatable bonds is 2. The summed E-state index contributed by atoms with van der Waals surface area (Å²) in [4.78, 5) is 0.906. The van der Waals surface area contributed by atoms with E-state index in [0.29, 0.717) is 0 Å². The van der Waals surface area contributed by atoms with E-state index in [4.69, 9.17) is 0 Å². The van der Waals surface area contributed by atoms with E-state index >= 15 is 0 Å². The summed E-state index contributed by atoms with van der Waals surface area (Å²) in [6.45, 7) is 0. The predicted octanol–water partition coefficient (Wildman–Crippen LogP) is 2.34. The van der Waals surface area contributed by atoms with Crippen LogP contribution in [0.1, 0.15) is 0 Å². The molecular weight excluding hydrogens is 162 g/mol. The molecule has 1 N–H and O–H groups in total. The van der Waals surface area contributed by atoms with Gasteiger partial charge in [-0.15, -0.1) is 12.6 Å². The summed E-state index contributed by atoms with van der Waals surface area (Å²) in [6, 6.07) is 7.69. The molecule has 1 nitrogen and oxygen atoms in total. The summed E-state index contributed by atoms with van der Waals surface area (Å²) in [5, 5.41) is 2.89. The molecule has 0 radical (unpaired) electrons. The molecule has 0 aromatic heterocycles. The minimum atomic E-state index is 0.906. The molecular formula is C7H7NS2.